The zero-order chi connectivity index (χ0) is 12.2. The van der Waals surface area contributed by atoms with Crippen LogP contribution in [0.25, 0.3) is 0 Å². The zero-order valence-electron chi connectivity index (χ0n) is 11.0. The lowest BCUT2D eigenvalue weighted by Gasteiger charge is -2.08. The molecular formula is C14H24O2. The van der Waals surface area contributed by atoms with E-state index in [-0.39, 0.29) is 0 Å². The molecule has 0 fully saturated rings. The van der Waals surface area contributed by atoms with Crippen molar-refractivity contribution in [3.8, 4) is 5.75 Å². The number of benzene rings is 1. The number of rotatable bonds is 6. The fourth-order valence-electron chi connectivity index (χ4n) is 1.25. The van der Waals surface area contributed by atoms with Crippen LogP contribution in [0.5, 0.6) is 5.75 Å². The van der Waals surface area contributed by atoms with Crippen molar-refractivity contribution < 1.29 is 9.47 Å². The quantitative estimate of drug-likeness (QED) is 0.684. The van der Waals surface area contributed by atoms with E-state index >= 15 is 0 Å². The molecule has 0 radical (unpaired) electrons. The van der Waals surface area contributed by atoms with E-state index in [0.717, 1.165) is 31.8 Å². The summed E-state index contributed by atoms with van der Waals surface area (Å²) in [5.74, 6) is 0.991. The summed E-state index contributed by atoms with van der Waals surface area (Å²) in [6.45, 7) is 7.65. The Morgan fingerprint density at radius 2 is 1.62 bits per heavy atom. The maximum absolute atomic E-state index is 5.63. The van der Waals surface area contributed by atoms with Crippen molar-refractivity contribution in [3.63, 3.8) is 0 Å². The van der Waals surface area contributed by atoms with Crippen molar-refractivity contribution in [1.29, 1.82) is 0 Å². The summed E-state index contributed by atoms with van der Waals surface area (Å²) < 4.78 is 10.6. The number of hydrogen-bond acceptors (Lipinski definition) is 2. The van der Waals surface area contributed by atoms with Crippen LogP contribution in [0.1, 0.15) is 32.3 Å². The van der Waals surface area contributed by atoms with Gasteiger partial charge in [0.2, 0.25) is 0 Å². The normalized spacial score (nSPS) is 9.25. The third-order valence-corrected chi connectivity index (χ3v) is 2.09. The Kier molecular flexibility index (Phi) is 9.83. The summed E-state index contributed by atoms with van der Waals surface area (Å²) in [6.07, 6.45) is 2.10. The van der Waals surface area contributed by atoms with E-state index in [1.54, 1.807) is 7.11 Å². The van der Waals surface area contributed by atoms with E-state index in [2.05, 4.69) is 13.0 Å². The number of unbranched alkanes of at least 4 members (excludes halogenated alkanes) is 1. The highest BCUT2D eigenvalue weighted by Gasteiger charge is 1.96. The summed E-state index contributed by atoms with van der Waals surface area (Å²) in [4.78, 5) is 0. The molecule has 0 bridgehead atoms. The average molecular weight is 224 g/mol. The molecule has 2 nitrogen and oxygen atoms in total. The van der Waals surface area contributed by atoms with Gasteiger partial charge in [0.05, 0.1) is 6.61 Å². The number of para-hydroxylation sites is 1. The number of hydrogen-bond donors (Lipinski definition) is 0. The van der Waals surface area contributed by atoms with Gasteiger partial charge in [-0.05, 0) is 31.4 Å². The van der Waals surface area contributed by atoms with Gasteiger partial charge >= 0.3 is 0 Å². The molecule has 0 aromatic heterocycles. The first-order valence-electron chi connectivity index (χ1n) is 6.02. The highest BCUT2D eigenvalue weighted by molar-refractivity contribution is 5.31. The first-order chi connectivity index (χ1) is 7.84. The minimum absolute atomic E-state index is 0.772. The average Bonchev–Trinajstić information content (AvgIpc) is 2.34. The fourth-order valence-corrected chi connectivity index (χ4v) is 1.25. The minimum Gasteiger partial charge on any atom is -0.493 e. The van der Waals surface area contributed by atoms with Crippen LogP contribution in [0, 0.1) is 6.92 Å². The molecule has 0 aliphatic rings. The largest absolute Gasteiger partial charge is 0.493 e. The molecule has 0 heterocycles. The zero-order valence-corrected chi connectivity index (χ0v) is 11.0. The standard InChI is InChI=1S/C12H18O2.C2H6/c1-11-7-3-4-8-12(11)14-10-6-5-9-13-2;1-2/h3-4,7-8H,5-6,9-10H2,1-2H3;1-2H3. The number of methoxy groups -OCH3 is 1. The van der Waals surface area contributed by atoms with Crippen LogP contribution in [0.2, 0.25) is 0 Å². The van der Waals surface area contributed by atoms with Gasteiger partial charge in [-0.1, -0.05) is 32.0 Å². The van der Waals surface area contributed by atoms with Gasteiger partial charge in [0.25, 0.3) is 0 Å². The van der Waals surface area contributed by atoms with Gasteiger partial charge in [-0.25, -0.2) is 0 Å². The molecule has 0 atom stereocenters. The van der Waals surface area contributed by atoms with Crippen molar-refractivity contribution >= 4 is 0 Å². The molecule has 0 saturated carbocycles. The molecule has 1 rings (SSSR count). The highest BCUT2D eigenvalue weighted by atomic mass is 16.5. The molecule has 1 aromatic rings. The molecule has 0 saturated heterocycles. The van der Waals surface area contributed by atoms with Gasteiger partial charge in [0.1, 0.15) is 5.75 Å². The van der Waals surface area contributed by atoms with Crippen LogP contribution >= 0.6 is 0 Å². The third-order valence-electron chi connectivity index (χ3n) is 2.09. The lowest BCUT2D eigenvalue weighted by molar-refractivity contribution is 0.184. The van der Waals surface area contributed by atoms with Crippen LogP contribution in [-0.2, 0) is 4.74 Å². The van der Waals surface area contributed by atoms with Crippen LogP contribution in [-0.4, -0.2) is 20.3 Å². The predicted octanol–water partition coefficient (Wildman–Crippen LogP) is 3.83. The molecule has 92 valence electrons. The van der Waals surface area contributed by atoms with Crippen LogP contribution in [0.15, 0.2) is 24.3 Å². The van der Waals surface area contributed by atoms with Gasteiger partial charge in [-0.3, -0.25) is 0 Å². The first kappa shape index (κ1) is 15.0. The molecule has 0 N–H and O–H groups in total. The summed E-state index contributed by atoms with van der Waals surface area (Å²) in [5.41, 5.74) is 1.19. The molecule has 2 heteroatoms. The van der Waals surface area contributed by atoms with Crippen LogP contribution in [0.4, 0.5) is 0 Å². The van der Waals surface area contributed by atoms with Gasteiger partial charge in [-0.15, -0.1) is 0 Å². The molecular weight excluding hydrogens is 200 g/mol. The highest BCUT2D eigenvalue weighted by Crippen LogP contribution is 2.16. The topological polar surface area (TPSA) is 18.5 Å². The Balaban J connectivity index is 0.00000106. The van der Waals surface area contributed by atoms with Gasteiger partial charge in [0.15, 0.2) is 0 Å². The molecule has 16 heavy (non-hydrogen) atoms. The Labute approximate surface area is 99.6 Å². The van der Waals surface area contributed by atoms with Crippen molar-refractivity contribution in [2.45, 2.75) is 33.6 Å². The second-order valence-corrected chi connectivity index (χ2v) is 3.31. The molecule has 0 spiro atoms. The molecule has 1 aromatic carbocycles. The first-order valence-corrected chi connectivity index (χ1v) is 6.02. The van der Waals surface area contributed by atoms with Gasteiger partial charge < -0.3 is 9.47 Å². The summed E-state index contributed by atoms with van der Waals surface area (Å²) in [5, 5.41) is 0. The van der Waals surface area contributed by atoms with Gasteiger partial charge in [0, 0.05) is 13.7 Å². The SMILES string of the molecule is CC.COCCCCOc1ccccc1C. The van der Waals surface area contributed by atoms with E-state index in [4.69, 9.17) is 9.47 Å². The Bertz CT molecular complexity index is 259. The van der Waals surface area contributed by atoms with Crippen molar-refractivity contribution in [3.05, 3.63) is 29.8 Å². The Morgan fingerprint density at radius 3 is 2.25 bits per heavy atom. The van der Waals surface area contributed by atoms with Gasteiger partial charge in [-0.2, -0.15) is 0 Å². The van der Waals surface area contributed by atoms with E-state index in [0.29, 0.717) is 0 Å². The number of ether oxygens (including phenoxy) is 2. The lowest BCUT2D eigenvalue weighted by Crippen LogP contribution is -2.00. The maximum Gasteiger partial charge on any atom is 0.122 e. The van der Waals surface area contributed by atoms with E-state index in [9.17, 15) is 0 Å². The minimum atomic E-state index is 0.772. The van der Waals surface area contributed by atoms with E-state index < -0.39 is 0 Å². The van der Waals surface area contributed by atoms with Crippen molar-refractivity contribution in [2.24, 2.45) is 0 Å². The van der Waals surface area contributed by atoms with Crippen LogP contribution in [0.3, 0.4) is 0 Å². The Hall–Kier alpha value is -1.02. The summed E-state index contributed by atoms with van der Waals surface area (Å²) in [6, 6.07) is 8.08. The van der Waals surface area contributed by atoms with Crippen LogP contribution < -0.4 is 4.74 Å². The molecule has 0 amide bonds. The summed E-state index contributed by atoms with van der Waals surface area (Å²) in [7, 11) is 1.72. The summed E-state index contributed by atoms with van der Waals surface area (Å²) >= 11 is 0. The molecule has 0 aliphatic carbocycles. The number of aryl methyl sites for hydroxylation is 1. The fraction of sp³-hybridized carbons (Fsp3) is 0.571. The second kappa shape index (κ2) is 10.5. The van der Waals surface area contributed by atoms with E-state index in [1.807, 2.05) is 32.0 Å². The van der Waals surface area contributed by atoms with Crippen molar-refractivity contribution in [2.75, 3.05) is 20.3 Å². The second-order valence-electron chi connectivity index (χ2n) is 3.31. The lowest BCUT2D eigenvalue weighted by atomic mass is 10.2. The molecule has 0 aliphatic heterocycles. The van der Waals surface area contributed by atoms with E-state index in [1.165, 1.54) is 5.56 Å². The predicted molar refractivity (Wildman–Crippen MR) is 69.1 cm³/mol. The molecule has 0 unspecified atom stereocenters. The third kappa shape index (κ3) is 6.46. The smallest absolute Gasteiger partial charge is 0.122 e. The van der Waals surface area contributed by atoms with Crippen molar-refractivity contribution in [1.82, 2.24) is 0 Å². The maximum atomic E-state index is 5.63. The monoisotopic (exact) mass is 224 g/mol. The Morgan fingerprint density at radius 1 is 1.00 bits per heavy atom.